The molecular formula is C10H9FN2OS3. The Balaban J connectivity index is 2.26. The zero-order valence-electron chi connectivity index (χ0n) is 8.88. The van der Waals surface area contributed by atoms with Gasteiger partial charge in [-0.3, -0.25) is 0 Å². The van der Waals surface area contributed by atoms with Gasteiger partial charge in [-0.1, -0.05) is 40.9 Å². The first-order valence-electron chi connectivity index (χ1n) is 4.68. The minimum Gasteiger partial charge on any atom is -0.392 e. The fraction of sp³-hybridized carbons (Fsp3) is 0.200. The lowest BCUT2D eigenvalue weighted by molar-refractivity contribution is 0.272. The number of hydrogen-bond acceptors (Lipinski definition) is 6. The van der Waals surface area contributed by atoms with Crippen LogP contribution in [0.2, 0.25) is 0 Å². The highest BCUT2D eigenvalue weighted by Gasteiger charge is 2.11. The van der Waals surface area contributed by atoms with Crippen LogP contribution >= 0.6 is 34.9 Å². The Kier molecular flexibility index (Phi) is 4.38. The number of aromatic nitrogens is 2. The molecule has 0 atom stereocenters. The number of hydrogen-bond donors (Lipinski definition) is 1. The van der Waals surface area contributed by atoms with E-state index >= 15 is 0 Å². The number of aliphatic hydroxyl groups is 1. The summed E-state index contributed by atoms with van der Waals surface area (Å²) in [6, 6.07) is 4.72. The summed E-state index contributed by atoms with van der Waals surface area (Å²) < 4.78 is 15.0. The maximum atomic E-state index is 13.4. The maximum Gasteiger partial charge on any atom is 0.179 e. The molecule has 2 rings (SSSR count). The Hall–Kier alpha value is -0.630. The number of nitrogens with zero attached hydrogens (tertiary/aromatic N) is 2. The van der Waals surface area contributed by atoms with Gasteiger partial charge in [-0.2, -0.15) is 0 Å². The molecule has 2 aromatic rings. The fourth-order valence-electron chi connectivity index (χ4n) is 1.20. The van der Waals surface area contributed by atoms with Gasteiger partial charge in [0.05, 0.1) is 6.61 Å². The zero-order valence-corrected chi connectivity index (χ0v) is 11.3. The van der Waals surface area contributed by atoms with Crippen molar-refractivity contribution in [2.75, 3.05) is 6.26 Å². The first-order valence-corrected chi connectivity index (χ1v) is 7.54. The summed E-state index contributed by atoms with van der Waals surface area (Å²) in [5, 5.41) is 17.1. The number of rotatable bonds is 4. The van der Waals surface area contributed by atoms with Crippen molar-refractivity contribution in [3.05, 3.63) is 29.6 Å². The Labute approximate surface area is 110 Å². The summed E-state index contributed by atoms with van der Waals surface area (Å²) in [6.07, 6.45) is 1.93. The average molecular weight is 288 g/mol. The van der Waals surface area contributed by atoms with Crippen LogP contribution < -0.4 is 0 Å². The smallest absolute Gasteiger partial charge is 0.179 e. The molecule has 90 valence electrons. The van der Waals surface area contributed by atoms with E-state index in [0.717, 1.165) is 8.68 Å². The van der Waals surface area contributed by atoms with E-state index in [1.54, 1.807) is 12.1 Å². The average Bonchev–Trinajstić information content (AvgIpc) is 2.77. The molecule has 0 aliphatic carbocycles. The molecule has 0 bridgehead atoms. The van der Waals surface area contributed by atoms with Crippen LogP contribution in [0.5, 0.6) is 0 Å². The van der Waals surface area contributed by atoms with Crippen molar-refractivity contribution >= 4 is 34.9 Å². The summed E-state index contributed by atoms with van der Waals surface area (Å²) in [5.41, 5.74) is 0.304. The normalized spacial score (nSPS) is 10.8. The second-order valence-corrected chi connectivity index (χ2v) is 6.33. The molecule has 0 aliphatic heterocycles. The summed E-state index contributed by atoms with van der Waals surface area (Å²) in [7, 11) is 0. The highest BCUT2D eigenvalue weighted by Crippen LogP contribution is 2.35. The molecule has 0 radical (unpaired) electrons. The summed E-state index contributed by atoms with van der Waals surface area (Å²) in [4.78, 5) is 0.677. The molecule has 0 unspecified atom stereocenters. The van der Waals surface area contributed by atoms with Crippen LogP contribution in [0.25, 0.3) is 0 Å². The van der Waals surface area contributed by atoms with E-state index in [0.29, 0.717) is 10.5 Å². The van der Waals surface area contributed by atoms with Crippen molar-refractivity contribution in [3.63, 3.8) is 0 Å². The molecule has 7 heteroatoms. The molecule has 1 N–H and O–H groups in total. The summed E-state index contributed by atoms with van der Waals surface area (Å²) >= 11 is 4.29. The van der Waals surface area contributed by atoms with Crippen LogP contribution in [-0.4, -0.2) is 21.6 Å². The minimum atomic E-state index is -0.396. The van der Waals surface area contributed by atoms with Crippen LogP contribution in [0.1, 0.15) is 5.56 Å². The van der Waals surface area contributed by atoms with Crippen LogP contribution in [0.3, 0.4) is 0 Å². The molecule has 0 spiro atoms. The van der Waals surface area contributed by atoms with Crippen LogP contribution in [0.4, 0.5) is 4.39 Å². The summed E-state index contributed by atoms with van der Waals surface area (Å²) in [6.45, 7) is -0.316. The largest absolute Gasteiger partial charge is 0.392 e. The monoisotopic (exact) mass is 288 g/mol. The predicted molar refractivity (Wildman–Crippen MR) is 68.1 cm³/mol. The van der Waals surface area contributed by atoms with Crippen molar-refractivity contribution in [2.45, 2.75) is 20.2 Å². The van der Waals surface area contributed by atoms with Crippen molar-refractivity contribution in [3.8, 4) is 0 Å². The van der Waals surface area contributed by atoms with Crippen molar-refractivity contribution < 1.29 is 9.50 Å². The van der Waals surface area contributed by atoms with Gasteiger partial charge >= 0.3 is 0 Å². The Morgan fingerprint density at radius 3 is 2.76 bits per heavy atom. The fourth-order valence-corrected chi connectivity index (χ4v) is 3.74. The lowest BCUT2D eigenvalue weighted by Gasteiger charge is -2.05. The predicted octanol–water partition coefficient (Wildman–Crippen LogP) is 3.04. The third kappa shape index (κ3) is 2.98. The highest BCUT2D eigenvalue weighted by atomic mass is 32.2. The van der Waals surface area contributed by atoms with Gasteiger partial charge in [0.15, 0.2) is 8.68 Å². The molecule has 0 aliphatic rings. The van der Waals surface area contributed by atoms with Crippen LogP contribution in [0.15, 0.2) is 31.8 Å². The van der Waals surface area contributed by atoms with Crippen LogP contribution in [-0.2, 0) is 6.61 Å². The highest BCUT2D eigenvalue weighted by molar-refractivity contribution is 8.03. The van der Waals surface area contributed by atoms with Gasteiger partial charge in [-0.15, -0.1) is 10.2 Å². The second-order valence-electron chi connectivity index (χ2n) is 3.01. The lowest BCUT2D eigenvalue weighted by atomic mass is 10.2. The Bertz CT molecular complexity index is 518. The topological polar surface area (TPSA) is 46.0 Å². The van der Waals surface area contributed by atoms with E-state index in [1.165, 1.54) is 40.9 Å². The van der Waals surface area contributed by atoms with Crippen molar-refractivity contribution in [1.82, 2.24) is 10.2 Å². The van der Waals surface area contributed by atoms with Gasteiger partial charge in [0.2, 0.25) is 0 Å². The maximum absolute atomic E-state index is 13.4. The molecule has 0 saturated carbocycles. The summed E-state index contributed by atoms with van der Waals surface area (Å²) in [5.74, 6) is -0.396. The van der Waals surface area contributed by atoms with E-state index < -0.39 is 5.82 Å². The molecule has 17 heavy (non-hydrogen) atoms. The molecule has 1 aromatic heterocycles. The van der Waals surface area contributed by atoms with Crippen LogP contribution in [0, 0.1) is 5.82 Å². The molecule has 1 aromatic carbocycles. The standard InChI is InChI=1S/C10H9FN2OS3/c1-15-9-12-13-10(17-9)16-8-4-2-3-7(11)6(8)5-14/h2-4,14H,5H2,1H3. The second kappa shape index (κ2) is 5.81. The van der Waals surface area contributed by atoms with E-state index in [2.05, 4.69) is 10.2 Å². The van der Waals surface area contributed by atoms with E-state index in [4.69, 9.17) is 5.11 Å². The number of aliphatic hydroxyl groups excluding tert-OH is 1. The van der Waals surface area contributed by atoms with Crippen molar-refractivity contribution in [2.24, 2.45) is 0 Å². The first kappa shape index (κ1) is 12.8. The molecule has 0 saturated heterocycles. The third-order valence-corrected chi connectivity index (χ3v) is 5.05. The van der Waals surface area contributed by atoms with E-state index in [9.17, 15) is 4.39 Å². The first-order chi connectivity index (χ1) is 8.24. The van der Waals surface area contributed by atoms with Gasteiger partial charge < -0.3 is 5.11 Å². The number of benzene rings is 1. The third-order valence-electron chi connectivity index (χ3n) is 1.99. The molecule has 1 heterocycles. The Morgan fingerprint density at radius 2 is 2.12 bits per heavy atom. The molecule has 0 fully saturated rings. The van der Waals surface area contributed by atoms with Gasteiger partial charge in [-0.05, 0) is 18.4 Å². The Morgan fingerprint density at radius 1 is 1.35 bits per heavy atom. The van der Waals surface area contributed by atoms with E-state index in [-0.39, 0.29) is 6.61 Å². The molecule has 3 nitrogen and oxygen atoms in total. The quantitative estimate of drug-likeness (QED) is 0.876. The van der Waals surface area contributed by atoms with Gasteiger partial charge in [0.25, 0.3) is 0 Å². The number of halogens is 1. The van der Waals surface area contributed by atoms with Gasteiger partial charge in [0.1, 0.15) is 5.82 Å². The SMILES string of the molecule is CSc1nnc(Sc2cccc(F)c2CO)s1. The lowest BCUT2D eigenvalue weighted by Crippen LogP contribution is -1.92. The molecule has 0 amide bonds. The zero-order chi connectivity index (χ0) is 12.3. The number of thioether (sulfide) groups is 1. The molecular weight excluding hydrogens is 279 g/mol. The van der Waals surface area contributed by atoms with Gasteiger partial charge in [-0.25, -0.2) is 4.39 Å². The van der Waals surface area contributed by atoms with Crippen molar-refractivity contribution in [1.29, 1.82) is 0 Å². The van der Waals surface area contributed by atoms with E-state index in [1.807, 2.05) is 6.26 Å². The minimum absolute atomic E-state index is 0.304. The van der Waals surface area contributed by atoms with Gasteiger partial charge in [0, 0.05) is 10.5 Å².